The van der Waals surface area contributed by atoms with Crippen molar-refractivity contribution in [3.8, 4) is 0 Å². The van der Waals surface area contributed by atoms with Gasteiger partial charge in [0.25, 0.3) is 5.69 Å². The van der Waals surface area contributed by atoms with Gasteiger partial charge in [0.15, 0.2) is 0 Å². The summed E-state index contributed by atoms with van der Waals surface area (Å²) >= 11 is 1.64. The summed E-state index contributed by atoms with van der Waals surface area (Å²) in [6.45, 7) is 0.672. The topological polar surface area (TPSA) is 83.8 Å². The van der Waals surface area contributed by atoms with Crippen LogP contribution in [0.25, 0.3) is 11.0 Å². The average molecular weight is 274 g/mol. The third kappa shape index (κ3) is 2.41. The third-order valence-corrected chi connectivity index (χ3v) is 3.45. The Morgan fingerprint density at radius 1 is 1.42 bits per heavy atom. The second-order valence-corrected chi connectivity index (χ2v) is 4.81. The van der Waals surface area contributed by atoms with Gasteiger partial charge in [0.05, 0.1) is 16.0 Å². The molecule has 0 aliphatic carbocycles. The highest BCUT2D eigenvalue weighted by molar-refractivity contribution is 7.07. The summed E-state index contributed by atoms with van der Waals surface area (Å²) in [6, 6.07) is 6.61. The zero-order chi connectivity index (χ0) is 13.2. The van der Waals surface area contributed by atoms with Crippen LogP contribution >= 0.6 is 11.3 Å². The Balaban J connectivity index is 1.83. The van der Waals surface area contributed by atoms with Crippen LogP contribution in [0, 0.1) is 10.1 Å². The lowest BCUT2D eigenvalue weighted by Gasteiger charge is -1.98. The Kier molecular flexibility index (Phi) is 2.88. The van der Waals surface area contributed by atoms with Gasteiger partial charge in [0.1, 0.15) is 0 Å². The number of fused-ring (bicyclic) bond motifs is 1. The van der Waals surface area contributed by atoms with E-state index < -0.39 is 4.92 Å². The minimum atomic E-state index is -0.418. The minimum Gasteiger partial charge on any atom is -0.352 e. The summed E-state index contributed by atoms with van der Waals surface area (Å²) in [5.74, 6) is 0.613. The molecular formula is C12H10N4O2S. The van der Waals surface area contributed by atoms with Crippen molar-refractivity contribution in [3.63, 3.8) is 0 Å². The Morgan fingerprint density at radius 2 is 2.32 bits per heavy atom. The van der Waals surface area contributed by atoms with Crippen molar-refractivity contribution in [2.75, 3.05) is 5.32 Å². The van der Waals surface area contributed by atoms with Crippen LogP contribution in [0.3, 0.4) is 0 Å². The van der Waals surface area contributed by atoms with E-state index in [1.165, 1.54) is 17.7 Å². The molecule has 0 spiro atoms. The van der Waals surface area contributed by atoms with Crippen LogP contribution in [0.15, 0.2) is 35.0 Å². The van der Waals surface area contributed by atoms with E-state index in [1.807, 2.05) is 11.4 Å². The molecule has 3 aromatic rings. The molecule has 7 heteroatoms. The Bertz CT molecular complexity index is 720. The van der Waals surface area contributed by atoms with E-state index in [-0.39, 0.29) is 5.69 Å². The van der Waals surface area contributed by atoms with Gasteiger partial charge in [-0.15, -0.1) is 0 Å². The van der Waals surface area contributed by atoms with Gasteiger partial charge in [0.2, 0.25) is 5.95 Å². The van der Waals surface area contributed by atoms with E-state index >= 15 is 0 Å². The molecular weight excluding hydrogens is 264 g/mol. The van der Waals surface area contributed by atoms with Crippen LogP contribution < -0.4 is 5.32 Å². The number of H-pyrrole nitrogens is 1. The van der Waals surface area contributed by atoms with E-state index in [9.17, 15) is 10.1 Å². The molecule has 0 amide bonds. The van der Waals surface area contributed by atoms with Crippen LogP contribution in [0.1, 0.15) is 5.56 Å². The summed E-state index contributed by atoms with van der Waals surface area (Å²) < 4.78 is 0. The lowest BCUT2D eigenvalue weighted by molar-refractivity contribution is -0.384. The molecule has 2 heterocycles. The van der Waals surface area contributed by atoms with Gasteiger partial charge in [-0.05, 0) is 28.5 Å². The number of nitro groups is 1. The largest absolute Gasteiger partial charge is 0.352 e. The Hall–Kier alpha value is -2.41. The normalized spacial score (nSPS) is 10.7. The molecule has 0 atom stereocenters. The number of hydrogen-bond donors (Lipinski definition) is 2. The number of rotatable bonds is 4. The van der Waals surface area contributed by atoms with Gasteiger partial charge >= 0.3 is 0 Å². The maximum Gasteiger partial charge on any atom is 0.271 e. The average Bonchev–Trinajstić information content (AvgIpc) is 3.04. The number of anilines is 1. The number of nitrogens with zero attached hydrogens (tertiary/aromatic N) is 2. The zero-order valence-corrected chi connectivity index (χ0v) is 10.6. The zero-order valence-electron chi connectivity index (χ0n) is 9.79. The minimum absolute atomic E-state index is 0.0561. The standard InChI is InChI=1S/C12H10N4O2S/c17-16(18)9-1-2-10-11(5-9)15-12(14-10)13-6-8-3-4-19-7-8/h1-5,7H,6H2,(H2,13,14,15). The maximum absolute atomic E-state index is 10.7. The highest BCUT2D eigenvalue weighted by Gasteiger charge is 2.09. The van der Waals surface area contributed by atoms with Gasteiger partial charge in [0, 0.05) is 18.7 Å². The van der Waals surface area contributed by atoms with Crippen LogP contribution in [-0.4, -0.2) is 14.9 Å². The first-order chi connectivity index (χ1) is 9.22. The fourth-order valence-electron chi connectivity index (χ4n) is 1.77. The molecule has 0 unspecified atom stereocenters. The summed E-state index contributed by atoms with van der Waals surface area (Å²) in [4.78, 5) is 17.6. The first kappa shape index (κ1) is 11.7. The number of benzene rings is 1. The predicted molar refractivity (Wildman–Crippen MR) is 74.4 cm³/mol. The van der Waals surface area contributed by atoms with E-state index in [0.29, 0.717) is 23.5 Å². The van der Waals surface area contributed by atoms with Crippen molar-refractivity contribution in [2.45, 2.75) is 6.54 Å². The maximum atomic E-state index is 10.7. The molecule has 2 N–H and O–H groups in total. The number of non-ortho nitro benzene ring substituents is 1. The molecule has 0 radical (unpaired) electrons. The lowest BCUT2D eigenvalue weighted by Crippen LogP contribution is -1.99. The fourth-order valence-corrected chi connectivity index (χ4v) is 2.44. The van der Waals surface area contributed by atoms with Gasteiger partial charge in [-0.1, -0.05) is 0 Å². The van der Waals surface area contributed by atoms with Crippen molar-refractivity contribution >= 4 is 34.0 Å². The number of imidazole rings is 1. The van der Waals surface area contributed by atoms with Crippen LogP contribution in [0.4, 0.5) is 11.6 Å². The highest BCUT2D eigenvalue weighted by atomic mass is 32.1. The van der Waals surface area contributed by atoms with Crippen molar-refractivity contribution in [1.82, 2.24) is 9.97 Å². The third-order valence-electron chi connectivity index (χ3n) is 2.72. The molecule has 0 aliphatic heterocycles. The number of thiophene rings is 1. The van der Waals surface area contributed by atoms with E-state index in [4.69, 9.17) is 0 Å². The van der Waals surface area contributed by atoms with Crippen molar-refractivity contribution in [1.29, 1.82) is 0 Å². The molecule has 19 heavy (non-hydrogen) atoms. The van der Waals surface area contributed by atoms with E-state index in [2.05, 4.69) is 20.7 Å². The van der Waals surface area contributed by atoms with Gasteiger partial charge in [-0.2, -0.15) is 11.3 Å². The van der Waals surface area contributed by atoms with Crippen molar-refractivity contribution in [3.05, 3.63) is 50.7 Å². The van der Waals surface area contributed by atoms with E-state index in [0.717, 1.165) is 0 Å². The Morgan fingerprint density at radius 3 is 3.05 bits per heavy atom. The SMILES string of the molecule is O=[N+]([O-])c1ccc2nc(NCc3ccsc3)[nH]c2c1. The quantitative estimate of drug-likeness (QED) is 0.565. The summed E-state index contributed by atoms with van der Waals surface area (Å²) in [7, 11) is 0. The van der Waals surface area contributed by atoms with Crippen molar-refractivity contribution in [2.24, 2.45) is 0 Å². The Labute approximate surface area is 112 Å². The highest BCUT2D eigenvalue weighted by Crippen LogP contribution is 2.20. The van der Waals surface area contributed by atoms with Crippen LogP contribution in [0.2, 0.25) is 0 Å². The number of hydrogen-bond acceptors (Lipinski definition) is 5. The molecule has 0 saturated heterocycles. The van der Waals surface area contributed by atoms with Gasteiger partial charge in [-0.3, -0.25) is 10.1 Å². The van der Waals surface area contributed by atoms with Crippen LogP contribution in [0.5, 0.6) is 0 Å². The molecule has 0 bridgehead atoms. The number of nitrogens with one attached hydrogen (secondary N) is 2. The van der Waals surface area contributed by atoms with Gasteiger partial charge in [-0.25, -0.2) is 4.98 Å². The summed E-state index contributed by atoms with van der Waals surface area (Å²) in [5, 5.41) is 17.9. The first-order valence-corrected chi connectivity index (χ1v) is 6.56. The number of nitro benzene ring substituents is 1. The number of aromatic amines is 1. The molecule has 6 nitrogen and oxygen atoms in total. The van der Waals surface area contributed by atoms with Crippen LogP contribution in [-0.2, 0) is 6.54 Å². The molecule has 2 aromatic heterocycles. The molecule has 0 aliphatic rings. The molecule has 0 saturated carbocycles. The summed E-state index contributed by atoms with van der Waals surface area (Å²) in [6.07, 6.45) is 0. The molecule has 0 fully saturated rings. The monoisotopic (exact) mass is 274 g/mol. The number of aromatic nitrogens is 2. The molecule has 3 rings (SSSR count). The second kappa shape index (κ2) is 4.69. The molecule has 1 aromatic carbocycles. The lowest BCUT2D eigenvalue weighted by atomic mass is 10.3. The van der Waals surface area contributed by atoms with Gasteiger partial charge < -0.3 is 10.3 Å². The van der Waals surface area contributed by atoms with Crippen molar-refractivity contribution < 1.29 is 4.92 Å². The first-order valence-electron chi connectivity index (χ1n) is 5.61. The smallest absolute Gasteiger partial charge is 0.271 e. The predicted octanol–water partition coefficient (Wildman–Crippen LogP) is 3.14. The van der Waals surface area contributed by atoms with E-state index in [1.54, 1.807) is 17.4 Å². The molecule has 96 valence electrons. The summed E-state index contributed by atoms with van der Waals surface area (Å²) in [5.41, 5.74) is 2.59. The fraction of sp³-hybridized carbons (Fsp3) is 0.0833. The second-order valence-electron chi connectivity index (χ2n) is 4.03.